The Bertz CT molecular complexity index is 363. The van der Waals surface area contributed by atoms with Crippen LogP contribution in [0.1, 0.15) is 25.3 Å². The monoisotopic (exact) mass is 206 g/mol. The van der Waals surface area contributed by atoms with Crippen LogP contribution < -0.4 is 4.74 Å². The van der Waals surface area contributed by atoms with Crippen LogP contribution in [0.3, 0.4) is 0 Å². The molecule has 0 aromatic heterocycles. The number of rotatable bonds is 4. The molecule has 1 rings (SSSR count). The lowest BCUT2D eigenvalue weighted by Gasteiger charge is -2.07. The van der Waals surface area contributed by atoms with Gasteiger partial charge in [-0.15, -0.1) is 0 Å². The Morgan fingerprint density at radius 1 is 1.33 bits per heavy atom. The molecule has 0 fully saturated rings. The van der Waals surface area contributed by atoms with E-state index in [9.17, 15) is 4.79 Å². The number of aliphatic carboxylic acids is 1. The van der Waals surface area contributed by atoms with Crippen LogP contribution in [0.15, 0.2) is 36.6 Å². The minimum atomic E-state index is -1.15. The number of hydrogen-bond donors (Lipinski definition) is 1. The number of benzene rings is 1. The number of hydrogen-bond acceptors (Lipinski definition) is 2. The summed E-state index contributed by atoms with van der Waals surface area (Å²) < 4.78 is 5.02. The first-order valence-corrected chi connectivity index (χ1v) is 4.70. The molecule has 0 radical (unpaired) electrons. The molecular formula is C12H14O3. The van der Waals surface area contributed by atoms with Crippen molar-refractivity contribution in [1.82, 2.24) is 0 Å². The molecule has 0 unspecified atom stereocenters. The normalized spacial score (nSPS) is 10.1. The van der Waals surface area contributed by atoms with Crippen LogP contribution in [0, 0.1) is 0 Å². The van der Waals surface area contributed by atoms with E-state index in [0.29, 0.717) is 11.7 Å². The Kier molecular flexibility index (Phi) is 3.50. The lowest BCUT2D eigenvalue weighted by Crippen LogP contribution is -2.05. The van der Waals surface area contributed by atoms with E-state index in [1.807, 2.05) is 12.1 Å². The van der Waals surface area contributed by atoms with E-state index in [2.05, 4.69) is 20.4 Å². The van der Waals surface area contributed by atoms with Crippen molar-refractivity contribution in [3.8, 4) is 5.75 Å². The summed E-state index contributed by atoms with van der Waals surface area (Å²) in [6.07, 6.45) is 0. The smallest absolute Gasteiger partial charge is 0.371 e. The maximum Gasteiger partial charge on any atom is 0.371 e. The van der Waals surface area contributed by atoms with Crippen molar-refractivity contribution >= 4 is 5.97 Å². The highest BCUT2D eigenvalue weighted by molar-refractivity contribution is 5.83. The molecule has 3 heteroatoms. The Labute approximate surface area is 89.0 Å². The topological polar surface area (TPSA) is 46.5 Å². The van der Waals surface area contributed by atoms with Crippen LogP contribution in [0.5, 0.6) is 5.75 Å². The zero-order valence-corrected chi connectivity index (χ0v) is 8.86. The first-order chi connectivity index (χ1) is 7.00. The fraction of sp³-hybridized carbons (Fsp3) is 0.250. The molecule has 0 amide bonds. The van der Waals surface area contributed by atoms with Gasteiger partial charge in [-0.25, -0.2) is 4.79 Å². The van der Waals surface area contributed by atoms with Crippen molar-refractivity contribution in [2.45, 2.75) is 19.8 Å². The summed E-state index contributed by atoms with van der Waals surface area (Å²) in [5.74, 6) is -0.483. The SMILES string of the molecule is C=C(Oc1ccc(C(C)C)cc1)C(=O)O. The fourth-order valence-electron chi connectivity index (χ4n) is 1.11. The highest BCUT2D eigenvalue weighted by Gasteiger charge is 2.06. The van der Waals surface area contributed by atoms with Crippen LogP contribution in [0.2, 0.25) is 0 Å². The van der Waals surface area contributed by atoms with Crippen LogP contribution >= 0.6 is 0 Å². The second-order valence-corrected chi connectivity index (χ2v) is 3.55. The number of carboxylic acids is 1. The molecule has 3 nitrogen and oxygen atoms in total. The molecule has 80 valence electrons. The van der Waals surface area contributed by atoms with Crippen molar-refractivity contribution in [3.05, 3.63) is 42.2 Å². The third-order valence-corrected chi connectivity index (χ3v) is 2.03. The Morgan fingerprint density at radius 3 is 2.27 bits per heavy atom. The standard InChI is InChI=1S/C12H14O3/c1-8(2)10-4-6-11(7-5-10)15-9(3)12(13)14/h4-8H,3H2,1-2H3,(H,13,14). The van der Waals surface area contributed by atoms with Crippen LogP contribution in [0.4, 0.5) is 0 Å². The van der Waals surface area contributed by atoms with Gasteiger partial charge in [0.1, 0.15) is 5.75 Å². The predicted octanol–water partition coefficient (Wildman–Crippen LogP) is 2.79. The number of ether oxygens (including phenoxy) is 1. The molecule has 0 heterocycles. The molecule has 0 saturated carbocycles. The molecule has 0 atom stereocenters. The molecule has 0 aliphatic rings. The van der Waals surface area contributed by atoms with E-state index in [-0.39, 0.29) is 5.76 Å². The second kappa shape index (κ2) is 4.64. The van der Waals surface area contributed by atoms with Gasteiger partial charge in [-0.2, -0.15) is 0 Å². The maximum atomic E-state index is 10.5. The Balaban J connectivity index is 2.73. The molecule has 15 heavy (non-hydrogen) atoms. The van der Waals surface area contributed by atoms with Crippen molar-refractivity contribution < 1.29 is 14.6 Å². The van der Waals surface area contributed by atoms with E-state index in [4.69, 9.17) is 9.84 Å². The van der Waals surface area contributed by atoms with Crippen LogP contribution in [-0.4, -0.2) is 11.1 Å². The highest BCUT2D eigenvalue weighted by atomic mass is 16.5. The first kappa shape index (κ1) is 11.3. The van der Waals surface area contributed by atoms with Gasteiger partial charge < -0.3 is 9.84 Å². The van der Waals surface area contributed by atoms with Crippen LogP contribution in [0.25, 0.3) is 0 Å². The first-order valence-electron chi connectivity index (χ1n) is 4.70. The minimum Gasteiger partial charge on any atom is -0.475 e. The zero-order chi connectivity index (χ0) is 11.4. The summed E-state index contributed by atoms with van der Waals surface area (Å²) in [4.78, 5) is 10.5. The van der Waals surface area contributed by atoms with E-state index < -0.39 is 5.97 Å². The van der Waals surface area contributed by atoms with Gasteiger partial charge in [-0.05, 0) is 30.2 Å². The second-order valence-electron chi connectivity index (χ2n) is 3.55. The summed E-state index contributed by atoms with van der Waals surface area (Å²) in [5, 5.41) is 8.56. The third-order valence-electron chi connectivity index (χ3n) is 2.03. The lowest BCUT2D eigenvalue weighted by molar-refractivity contribution is -0.135. The molecule has 0 aliphatic heterocycles. The van der Waals surface area contributed by atoms with Gasteiger partial charge in [0, 0.05) is 0 Å². The molecule has 0 aliphatic carbocycles. The Morgan fingerprint density at radius 2 is 1.87 bits per heavy atom. The van der Waals surface area contributed by atoms with Crippen molar-refractivity contribution in [1.29, 1.82) is 0 Å². The van der Waals surface area contributed by atoms with Gasteiger partial charge in [0.2, 0.25) is 5.76 Å². The number of carbonyl (C=O) groups is 1. The molecule has 1 aromatic carbocycles. The summed E-state index contributed by atoms with van der Waals surface area (Å²) in [7, 11) is 0. The van der Waals surface area contributed by atoms with Gasteiger partial charge in [-0.1, -0.05) is 26.0 Å². The van der Waals surface area contributed by atoms with E-state index >= 15 is 0 Å². The van der Waals surface area contributed by atoms with E-state index in [1.165, 1.54) is 5.56 Å². The number of carboxylic acid groups (broad SMARTS) is 1. The van der Waals surface area contributed by atoms with Gasteiger partial charge in [0.25, 0.3) is 0 Å². The summed E-state index contributed by atoms with van der Waals surface area (Å²) >= 11 is 0. The zero-order valence-electron chi connectivity index (χ0n) is 8.86. The summed E-state index contributed by atoms with van der Waals surface area (Å²) in [6, 6.07) is 7.30. The van der Waals surface area contributed by atoms with E-state index in [1.54, 1.807) is 12.1 Å². The maximum absolute atomic E-state index is 10.5. The van der Waals surface area contributed by atoms with Gasteiger partial charge in [0.05, 0.1) is 0 Å². The fourth-order valence-corrected chi connectivity index (χ4v) is 1.11. The molecular weight excluding hydrogens is 192 g/mol. The Hall–Kier alpha value is -1.77. The highest BCUT2D eigenvalue weighted by Crippen LogP contribution is 2.19. The predicted molar refractivity (Wildman–Crippen MR) is 57.9 cm³/mol. The average molecular weight is 206 g/mol. The summed E-state index contributed by atoms with van der Waals surface area (Å²) in [5.41, 5.74) is 1.18. The average Bonchev–Trinajstić information content (AvgIpc) is 2.18. The molecule has 0 bridgehead atoms. The molecule has 0 spiro atoms. The lowest BCUT2D eigenvalue weighted by atomic mass is 10.0. The van der Waals surface area contributed by atoms with Crippen LogP contribution in [-0.2, 0) is 4.79 Å². The van der Waals surface area contributed by atoms with Gasteiger partial charge >= 0.3 is 5.97 Å². The minimum absolute atomic E-state index is 0.271. The molecule has 0 saturated heterocycles. The molecule has 1 N–H and O–H groups in total. The summed E-state index contributed by atoms with van der Waals surface area (Å²) in [6.45, 7) is 7.46. The largest absolute Gasteiger partial charge is 0.475 e. The van der Waals surface area contributed by atoms with Crippen molar-refractivity contribution in [2.24, 2.45) is 0 Å². The van der Waals surface area contributed by atoms with E-state index in [0.717, 1.165) is 0 Å². The third kappa shape index (κ3) is 3.13. The van der Waals surface area contributed by atoms with Gasteiger partial charge in [0.15, 0.2) is 0 Å². The molecule has 1 aromatic rings. The quantitative estimate of drug-likeness (QED) is 0.608. The van der Waals surface area contributed by atoms with Gasteiger partial charge in [-0.3, -0.25) is 0 Å². The van der Waals surface area contributed by atoms with Crippen molar-refractivity contribution in [3.63, 3.8) is 0 Å². The van der Waals surface area contributed by atoms with Crippen molar-refractivity contribution in [2.75, 3.05) is 0 Å².